The van der Waals surface area contributed by atoms with E-state index in [0.717, 1.165) is 4.47 Å². The van der Waals surface area contributed by atoms with Crippen LogP contribution in [0, 0.1) is 6.92 Å². The average molecular weight is 439 g/mol. The van der Waals surface area contributed by atoms with Crippen LogP contribution in [-0.4, -0.2) is 35.1 Å². The van der Waals surface area contributed by atoms with Gasteiger partial charge >= 0.3 is 6.36 Å². The summed E-state index contributed by atoms with van der Waals surface area (Å²) in [6.07, 6.45) is -4.63. The lowest BCUT2D eigenvalue weighted by molar-refractivity contribution is -0.274. The van der Waals surface area contributed by atoms with Crippen LogP contribution in [0.5, 0.6) is 5.75 Å². The molecule has 1 aromatic carbocycles. The van der Waals surface area contributed by atoms with Gasteiger partial charge in [-0.15, -0.1) is 13.2 Å². The summed E-state index contributed by atoms with van der Waals surface area (Å²) in [6, 6.07) is 4.32. The summed E-state index contributed by atoms with van der Waals surface area (Å²) in [7, 11) is 0. The lowest BCUT2D eigenvalue weighted by Crippen LogP contribution is -2.42. The summed E-state index contributed by atoms with van der Waals surface area (Å²) in [4.78, 5) is 12.0. The maximum absolute atomic E-state index is 12.0. The van der Waals surface area contributed by atoms with Gasteiger partial charge in [-0.2, -0.15) is 0 Å². The second kappa shape index (κ2) is 6.49. The number of rotatable bonds is 1. The van der Waals surface area contributed by atoms with Gasteiger partial charge < -0.3 is 14.2 Å². The molecule has 1 spiro atoms. The molecule has 2 aliphatic rings. The normalized spacial score (nSPS) is 28.5. The number of carbonyl (C=O) groups is 1. The SMILES string of the molecule is C[C@@H]1OC12C(=O)C(C)(C)OC2(C)C.Cc1cc(Br)ccc1OC(F)(F)F. The van der Waals surface area contributed by atoms with E-state index in [9.17, 15) is 18.0 Å². The molecule has 2 saturated heterocycles. The molecule has 0 amide bonds. The summed E-state index contributed by atoms with van der Waals surface area (Å²) in [5.41, 5.74) is -1.43. The first-order valence-corrected chi connectivity index (χ1v) is 8.86. The zero-order chi connectivity index (χ0) is 20.1. The first kappa shape index (κ1) is 21.2. The Morgan fingerprint density at radius 1 is 1.19 bits per heavy atom. The lowest BCUT2D eigenvalue weighted by atomic mass is 9.83. The maximum Gasteiger partial charge on any atom is 0.573 e. The summed E-state index contributed by atoms with van der Waals surface area (Å²) in [6.45, 7) is 10.9. The number of aryl methyl sites for hydroxylation is 1. The van der Waals surface area contributed by atoms with Crippen molar-refractivity contribution in [3.8, 4) is 5.75 Å². The Morgan fingerprint density at radius 3 is 2.04 bits per heavy atom. The molecule has 146 valence electrons. The molecule has 4 nitrogen and oxygen atoms in total. The maximum atomic E-state index is 12.0. The third-order valence-electron chi connectivity index (χ3n) is 4.53. The van der Waals surface area contributed by atoms with Gasteiger partial charge in [-0.05, 0) is 65.3 Å². The quantitative estimate of drug-likeness (QED) is 0.581. The van der Waals surface area contributed by atoms with Crippen LogP contribution in [0.3, 0.4) is 0 Å². The van der Waals surface area contributed by atoms with Gasteiger partial charge in [-0.25, -0.2) is 0 Å². The highest BCUT2D eigenvalue weighted by molar-refractivity contribution is 9.10. The van der Waals surface area contributed by atoms with E-state index >= 15 is 0 Å². The highest BCUT2D eigenvalue weighted by atomic mass is 79.9. The van der Waals surface area contributed by atoms with Crippen molar-refractivity contribution in [1.82, 2.24) is 0 Å². The van der Waals surface area contributed by atoms with E-state index in [1.807, 2.05) is 20.8 Å². The van der Waals surface area contributed by atoms with Gasteiger partial charge in [0, 0.05) is 4.47 Å². The van der Waals surface area contributed by atoms with Gasteiger partial charge in [-0.3, -0.25) is 4.79 Å². The molecular formula is C18H22BrF3O4. The number of hydrogen-bond donors (Lipinski definition) is 0. The second-order valence-electron chi connectivity index (χ2n) is 7.41. The minimum absolute atomic E-state index is 0.00299. The van der Waals surface area contributed by atoms with Crippen LogP contribution in [0.25, 0.3) is 0 Å². The van der Waals surface area contributed by atoms with Gasteiger partial charge in [0.25, 0.3) is 0 Å². The number of carbonyl (C=O) groups excluding carboxylic acids is 1. The van der Waals surface area contributed by atoms with E-state index in [0.29, 0.717) is 5.56 Å². The van der Waals surface area contributed by atoms with Crippen molar-refractivity contribution in [3.63, 3.8) is 0 Å². The third kappa shape index (κ3) is 3.92. The molecule has 2 heterocycles. The predicted octanol–water partition coefficient (Wildman–Crippen LogP) is 4.96. The van der Waals surface area contributed by atoms with Crippen molar-refractivity contribution in [2.24, 2.45) is 0 Å². The van der Waals surface area contributed by atoms with Crippen LogP contribution in [0.2, 0.25) is 0 Å². The largest absolute Gasteiger partial charge is 0.573 e. The Morgan fingerprint density at radius 2 is 1.73 bits per heavy atom. The number of ketones is 1. The zero-order valence-electron chi connectivity index (χ0n) is 15.5. The molecule has 0 saturated carbocycles. The molecule has 0 aromatic heterocycles. The molecule has 1 unspecified atom stereocenters. The first-order chi connectivity index (χ1) is 11.6. The lowest BCUT2D eigenvalue weighted by Gasteiger charge is -2.23. The van der Waals surface area contributed by atoms with Crippen molar-refractivity contribution >= 4 is 21.7 Å². The van der Waals surface area contributed by atoms with Crippen molar-refractivity contribution in [3.05, 3.63) is 28.2 Å². The first-order valence-electron chi connectivity index (χ1n) is 8.07. The van der Waals surface area contributed by atoms with Crippen LogP contribution < -0.4 is 4.74 Å². The number of Topliss-reactive ketones (excluding diaryl/α,β-unsaturated/α-hetero) is 1. The van der Waals surface area contributed by atoms with Crippen molar-refractivity contribution in [1.29, 1.82) is 0 Å². The summed E-state index contributed by atoms with van der Waals surface area (Å²) in [5, 5.41) is 0. The van der Waals surface area contributed by atoms with E-state index < -0.39 is 23.2 Å². The molecule has 2 fully saturated rings. The zero-order valence-corrected chi connectivity index (χ0v) is 17.0. The average Bonchev–Trinajstić information content (AvgIpc) is 3.10. The molecular weight excluding hydrogens is 417 g/mol. The molecule has 0 N–H and O–H groups in total. The van der Waals surface area contributed by atoms with E-state index in [2.05, 4.69) is 20.7 Å². The highest BCUT2D eigenvalue weighted by Crippen LogP contribution is 2.56. The Bertz CT molecular complexity index is 715. The van der Waals surface area contributed by atoms with Crippen LogP contribution in [-0.2, 0) is 14.3 Å². The molecule has 0 bridgehead atoms. The standard InChI is InChI=1S/C10H16O3.C8H6BrF3O/c1-6-10(12-6)7(11)8(2,3)13-9(10,4)5;1-5-4-6(9)2-3-7(5)13-8(10,11)12/h6H,1-5H3;2-4H,1H3/t6-,10?;/m0./s1. The van der Waals surface area contributed by atoms with E-state index in [1.165, 1.54) is 12.1 Å². The topological polar surface area (TPSA) is 48.1 Å². The smallest absolute Gasteiger partial charge is 0.406 e. The molecule has 1 aromatic rings. The van der Waals surface area contributed by atoms with Crippen molar-refractivity contribution < 1.29 is 32.2 Å². The summed E-state index contributed by atoms with van der Waals surface area (Å²) in [5.74, 6) is -0.0896. The third-order valence-corrected chi connectivity index (χ3v) is 5.02. The Hall–Kier alpha value is -1.12. The fourth-order valence-corrected chi connectivity index (χ4v) is 3.92. The van der Waals surface area contributed by atoms with E-state index in [4.69, 9.17) is 9.47 Å². The molecule has 3 rings (SSSR count). The fraction of sp³-hybridized carbons (Fsp3) is 0.611. The van der Waals surface area contributed by atoms with E-state index in [-0.39, 0.29) is 17.6 Å². The van der Waals surface area contributed by atoms with Crippen LogP contribution in [0.1, 0.15) is 40.2 Å². The van der Waals surface area contributed by atoms with Crippen LogP contribution >= 0.6 is 15.9 Å². The number of ether oxygens (including phenoxy) is 3. The Labute approximate surface area is 159 Å². The molecule has 26 heavy (non-hydrogen) atoms. The number of epoxide rings is 1. The van der Waals surface area contributed by atoms with Crippen LogP contribution in [0.4, 0.5) is 13.2 Å². The van der Waals surface area contributed by atoms with Gasteiger partial charge in [0.1, 0.15) is 17.0 Å². The molecule has 2 atom stereocenters. The van der Waals surface area contributed by atoms with Gasteiger partial charge in [0.05, 0.1) is 6.10 Å². The Kier molecular flexibility index (Phi) is 5.29. The summed E-state index contributed by atoms with van der Waals surface area (Å²) < 4.78 is 51.0. The fourth-order valence-electron chi connectivity index (χ4n) is 3.45. The van der Waals surface area contributed by atoms with Crippen LogP contribution in [0.15, 0.2) is 22.7 Å². The van der Waals surface area contributed by atoms with Crippen molar-refractivity contribution in [2.45, 2.75) is 70.8 Å². The molecule has 8 heteroatoms. The molecule has 0 radical (unpaired) electrons. The number of benzene rings is 1. The number of hydrogen-bond acceptors (Lipinski definition) is 4. The second-order valence-corrected chi connectivity index (χ2v) is 8.32. The number of alkyl halides is 3. The highest BCUT2D eigenvalue weighted by Gasteiger charge is 2.77. The molecule has 0 aliphatic carbocycles. The summed E-state index contributed by atoms with van der Waals surface area (Å²) >= 11 is 3.14. The van der Waals surface area contributed by atoms with Gasteiger partial charge in [0.15, 0.2) is 5.60 Å². The monoisotopic (exact) mass is 438 g/mol. The van der Waals surface area contributed by atoms with Crippen molar-refractivity contribution in [2.75, 3.05) is 0 Å². The minimum atomic E-state index is -4.63. The number of halogens is 4. The predicted molar refractivity (Wildman–Crippen MR) is 93.1 cm³/mol. The van der Waals surface area contributed by atoms with Gasteiger partial charge in [-0.1, -0.05) is 15.9 Å². The molecule has 2 aliphatic heterocycles. The Balaban J connectivity index is 0.000000187. The van der Waals surface area contributed by atoms with E-state index in [1.54, 1.807) is 26.8 Å². The van der Waals surface area contributed by atoms with Gasteiger partial charge in [0.2, 0.25) is 5.78 Å². The minimum Gasteiger partial charge on any atom is -0.406 e.